The lowest BCUT2D eigenvalue weighted by Gasteiger charge is -2.36. The number of carbonyl (C=O) groups excluding carboxylic acids is 2. The molecule has 0 bridgehead atoms. The molecule has 0 N–H and O–H groups in total. The Bertz CT molecular complexity index is 869. The number of hydrogen-bond donors (Lipinski definition) is 0. The molecule has 174 valence electrons. The van der Waals surface area contributed by atoms with E-state index < -0.39 is 0 Å². The van der Waals surface area contributed by atoms with Crippen LogP contribution in [0.25, 0.3) is 0 Å². The van der Waals surface area contributed by atoms with Crippen LogP contribution < -0.4 is 0 Å². The zero-order valence-corrected chi connectivity index (χ0v) is 20.9. The first kappa shape index (κ1) is 24.5. The fourth-order valence-corrected chi connectivity index (χ4v) is 5.85. The smallest absolute Gasteiger partial charge is 0.255 e. The van der Waals surface area contributed by atoms with E-state index in [1.165, 1.54) is 16.9 Å². The summed E-state index contributed by atoms with van der Waals surface area (Å²) in [5, 5.41) is 2.04. The molecule has 1 atom stereocenters. The van der Waals surface area contributed by atoms with Crippen molar-refractivity contribution >= 4 is 23.2 Å². The number of thiophene rings is 1. The third-order valence-electron chi connectivity index (χ3n) is 6.52. The predicted octanol–water partition coefficient (Wildman–Crippen LogP) is 6.50. The van der Waals surface area contributed by atoms with Crippen molar-refractivity contribution in [2.75, 3.05) is 19.6 Å². The highest BCUT2D eigenvalue weighted by molar-refractivity contribution is 7.10. The summed E-state index contributed by atoms with van der Waals surface area (Å²) >= 11 is 1.71. The Labute approximate surface area is 197 Å². The maximum absolute atomic E-state index is 13.4. The molecule has 3 heterocycles. The van der Waals surface area contributed by atoms with Gasteiger partial charge in [-0.25, -0.2) is 0 Å². The highest BCUT2D eigenvalue weighted by Crippen LogP contribution is 2.36. The van der Waals surface area contributed by atoms with Gasteiger partial charge >= 0.3 is 0 Å². The van der Waals surface area contributed by atoms with Crippen molar-refractivity contribution < 1.29 is 9.59 Å². The SMILES string of the molecule is CC.CC(C)C(=O)N1CCC(c2cc(C(=O)N3CCCCC3c3ccccc3)cs2)CC1. The van der Waals surface area contributed by atoms with Crippen molar-refractivity contribution in [1.29, 1.82) is 0 Å². The molecule has 5 heteroatoms. The van der Waals surface area contributed by atoms with Gasteiger partial charge in [-0.1, -0.05) is 58.0 Å². The molecule has 0 radical (unpaired) electrons. The van der Waals surface area contributed by atoms with Crippen molar-refractivity contribution in [2.24, 2.45) is 5.92 Å². The molecule has 2 aliphatic rings. The lowest BCUT2D eigenvalue weighted by Crippen LogP contribution is -2.40. The number of carbonyl (C=O) groups is 2. The second-order valence-electron chi connectivity index (χ2n) is 8.91. The fraction of sp³-hybridized carbons (Fsp3) is 0.556. The lowest BCUT2D eigenvalue weighted by atomic mass is 9.93. The van der Waals surface area contributed by atoms with Crippen LogP contribution in [0.3, 0.4) is 0 Å². The molecule has 1 aromatic heterocycles. The molecule has 0 aliphatic carbocycles. The first-order valence-corrected chi connectivity index (χ1v) is 13.2. The molecule has 2 fully saturated rings. The molecule has 0 spiro atoms. The van der Waals surface area contributed by atoms with Gasteiger partial charge < -0.3 is 9.80 Å². The van der Waals surface area contributed by atoms with Crippen LogP contribution in [0.4, 0.5) is 0 Å². The van der Waals surface area contributed by atoms with Crippen molar-refractivity contribution in [3.8, 4) is 0 Å². The first-order chi connectivity index (χ1) is 15.5. The highest BCUT2D eigenvalue weighted by Gasteiger charge is 2.30. The molecule has 0 saturated carbocycles. The number of benzene rings is 1. The number of rotatable bonds is 4. The van der Waals surface area contributed by atoms with Crippen LogP contribution in [0, 0.1) is 5.92 Å². The van der Waals surface area contributed by atoms with Gasteiger partial charge in [-0.3, -0.25) is 9.59 Å². The van der Waals surface area contributed by atoms with Gasteiger partial charge in [0.15, 0.2) is 0 Å². The third kappa shape index (κ3) is 5.61. The molecule has 4 nitrogen and oxygen atoms in total. The Morgan fingerprint density at radius 3 is 2.31 bits per heavy atom. The average Bonchev–Trinajstić information content (AvgIpc) is 3.35. The third-order valence-corrected chi connectivity index (χ3v) is 7.61. The van der Waals surface area contributed by atoms with Crippen LogP contribution >= 0.6 is 11.3 Å². The molecular weight excluding hydrogens is 416 g/mol. The van der Waals surface area contributed by atoms with E-state index in [0.717, 1.165) is 50.9 Å². The van der Waals surface area contributed by atoms with Crippen molar-refractivity contribution in [1.82, 2.24) is 9.80 Å². The predicted molar refractivity (Wildman–Crippen MR) is 133 cm³/mol. The number of hydrogen-bond acceptors (Lipinski definition) is 3. The van der Waals surface area contributed by atoms with E-state index >= 15 is 0 Å². The van der Waals surface area contributed by atoms with Gasteiger partial charge in [-0.2, -0.15) is 0 Å². The summed E-state index contributed by atoms with van der Waals surface area (Å²) in [6, 6.07) is 12.7. The summed E-state index contributed by atoms with van der Waals surface area (Å²) in [5.74, 6) is 0.944. The van der Waals surface area contributed by atoms with Crippen LogP contribution in [0.2, 0.25) is 0 Å². The van der Waals surface area contributed by atoms with Crippen LogP contribution in [0.15, 0.2) is 41.8 Å². The Balaban J connectivity index is 0.00000141. The van der Waals surface area contributed by atoms with Gasteiger partial charge in [0, 0.05) is 35.8 Å². The Hall–Kier alpha value is -2.14. The minimum Gasteiger partial charge on any atom is -0.342 e. The van der Waals surface area contributed by atoms with E-state index in [2.05, 4.69) is 35.2 Å². The average molecular weight is 455 g/mol. The van der Waals surface area contributed by atoms with E-state index in [1.54, 1.807) is 11.3 Å². The Morgan fingerprint density at radius 1 is 0.969 bits per heavy atom. The summed E-state index contributed by atoms with van der Waals surface area (Å²) in [6.45, 7) is 10.4. The summed E-state index contributed by atoms with van der Waals surface area (Å²) in [7, 11) is 0. The topological polar surface area (TPSA) is 40.6 Å². The van der Waals surface area contributed by atoms with Gasteiger partial charge in [0.25, 0.3) is 5.91 Å². The van der Waals surface area contributed by atoms with Crippen LogP contribution in [0.1, 0.15) is 92.6 Å². The summed E-state index contributed by atoms with van der Waals surface area (Å²) in [5.41, 5.74) is 2.07. The molecule has 4 rings (SSSR count). The fourth-order valence-electron chi connectivity index (χ4n) is 4.79. The summed E-state index contributed by atoms with van der Waals surface area (Å²) in [6.07, 6.45) is 5.27. The van der Waals surface area contributed by atoms with Gasteiger partial charge in [0.1, 0.15) is 0 Å². The van der Waals surface area contributed by atoms with E-state index in [9.17, 15) is 9.59 Å². The second-order valence-corrected chi connectivity index (χ2v) is 9.86. The molecule has 2 aliphatic heterocycles. The Kier molecular flexibility index (Phi) is 8.92. The van der Waals surface area contributed by atoms with Gasteiger partial charge in [0.2, 0.25) is 5.91 Å². The standard InChI is InChI=1S/C25H32N2O2S.C2H6/c1-18(2)24(28)26-14-11-20(12-15-26)23-16-21(17-30-23)25(29)27-13-7-6-10-22(27)19-8-4-3-5-9-19;1-2/h3-5,8-9,16-18,20,22H,6-7,10-15H2,1-2H3;1-2H3. The highest BCUT2D eigenvalue weighted by atomic mass is 32.1. The normalized spacial score (nSPS) is 19.5. The molecule has 1 aromatic carbocycles. The maximum Gasteiger partial charge on any atom is 0.255 e. The summed E-state index contributed by atoms with van der Waals surface area (Å²) < 4.78 is 0. The second kappa shape index (κ2) is 11.6. The van der Waals surface area contributed by atoms with E-state index in [1.807, 2.05) is 44.0 Å². The molecule has 32 heavy (non-hydrogen) atoms. The van der Waals surface area contributed by atoms with Gasteiger partial charge in [0.05, 0.1) is 11.6 Å². The van der Waals surface area contributed by atoms with Crippen LogP contribution in [-0.2, 0) is 4.79 Å². The molecule has 2 aromatic rings. The van der Waals surface area contributed by atoms with Crippen LogP contribution in [-0.4, -0.2) is 41.2 Å². The minimum absolute atomic E-state index is 0.0645. The quantitative estimate of drug-likeness (QED) is 0.529. The largest absolute Gasteiger partial charge is 0.342 e. The number of likely N-dealkylation sites (tertiary alicyclic amines) is 2. The van der Waals surface area contributed by atoms with E-state index in [-0.39, 0.29) is 23.8 Å². The zero-order chi connectivity index (χ0) is 23.1. The monoisotopic (exact) mass is 454 g/mol. The number of amides is 2. The van der Waals surface area contributed by atoms with Crippen LogP contribution in [0.5, 0.6) is 0 Å². The molecular formula is C27H38N2O2S. The molecule has 2 saturated heterocycles. The maximum atomic E-state index is 13.4. The van der Waals surface area contributed by atoms with Gasteiger partial charge in [-0.15, -0.1) is 11.3 Å². The van der Waals surface area contributed by atoms with Gasteiger partial charge in [-0.05, 0) is 49.7 Å². The molecule has 1 unspecified atom stereocenters. The number of piperidine rings is 2. The van der Waals surface area contributed by atoms with Crippen molar-refractivity contribution in [2.45, 2.75) is 71.8 Å². The lowest BCUT2D eigenvalue weighted by molar-refractivity contribution is -0.135. The van der Waals surface area contributed by atoms with E-state index in [4.69, 9.17) is 0 Å². The zero-order valence-electron chi connectivity index (χ0n) is 20.0. The van der Waals surface area contributed by atoms with Crippen molar-refractivity contribution in [3.05, 3.63) is 57.8 Å². The minimum atomic E-state index is 0.0645. The van der Waals surface area contributed by atoms with E-state index in [0.29, 0.717) is 5.92 Å². The Morgan fingerprint density at radius 2 is 1.66 bits per heavy atom. The number of nitrogens with zero attached hydrogens (tertiary/aromatic N) is 2. The van der Waals surface area contributed by atoms with Crippen molar-refractivity contribution in [3.63, 3.8) is 0 Å². The first-order valence-electron chi connectivity index (χ1n) is 12.3. The summed E-state index contributed by atoms with van der Waals surface area (Å²) in [4.78, 5) is 31.0. The molecule has 2 amide bonds.